The molecule has 2 aliphatic rings. The van der Waals surface area contributed by atoms with Gasteiger partial charge in [-0.3, -0.25) is 14.4 Å². The number of hydrogen-bond donors (Lipinski definition) is 8. The maximum Gasteiger partial charge on any atom is 0.317 e. The molecule has 2 fully saturated rings. The van der Waals surface area contributed by atoms with E-state index in [-0.39, 0.29) is 28.2 Å². The molecule has 0 unspecified atom stereocenters. The Kier molecular flexibility index (Phi) is 9.47. The van der Waals surface area contributed by atoms with Gasteiger partial charge in [-0.1, -0.05) is 0 Å². The van der Waals surface area contributed by atoms with Crippen molar-refractivity contribution in [2.24, 2.45) is 0 Å². The number of esters is 1. The number of carboxylic acid groups (broad SMARTS) is 1. The number of phenolic OH excluding ortho intramolecular Hbond substituents is 2. The SMILES string of the molecule is O=C(O)CC(=O)OC[C@@]1(O)CO[C@@H](O[C@H]2[C@H](Oc3cc(O)c4c(=O)cc(-c5ccc(O)cc5)oc4c3)O[C@H](CO)[C@@H](O)[C@@H]2O)[C@@H]1O. The summed E-state index contributed by atoms with van der Waals surface area (Å²) in [6.07, 6.45) is -13.0. The van der Waals surface area contributed by atoms with Gasteiger partial charge < -0.3 is 69.0 Å². The molecule has 2 saturated heterocycles. The second kappa shape index (κ2) is 13.2. The molecule has 3 aromatic rings. The molecule has 2 aliphatic heterocycles. The monoisotopic (exact) mass is 650 g/mol. The first-order chi connectivity index (χ1) is 21.8. The van der Waals surface area contributed by atoms with Crippen LogP contribution >= 0.6 is 0 Å². The van der Waals surface area contributed by atoms with Crippen LogP contribution in [0.3, 0.4) is 0 Å². The lowest BCUT2D eigenvalue weighted by Gasteiger charge is -2.42. The van der Waals surface area contributed by atoms with E-state index in [1.54, 1.807) is 0 Å². The summed E-state index contributed by atoms with van der Waals surface area (Å²) in [6, 6.07) is 9.17. The van der Waals surface area contributed by atoms with Crippen molar-refractivity contribution in [3.8, 4) is 28.6 Å². The van der Waals surface area contributed by atoms with E-state index in [1.807, 2.05) is 0 Å². The number of aliphatic hydroxyl groups is 5. The Morgan fingerprint density at radius 2 is 1.72 bits per heavy atom. The van der Waals surface area contributed by atoms with E-state index in [2.05, 4.69) is 0 Å². The van der Waals surface area contributed by atoms with Gasteiger partial charge >= 0.3 is 11.9 Å². The van der Waals surface area contributed by atoms with Gasteiger partial charge in [-0.05, 0) is 24.3 Å². The molecule has 248 valence electrons. The van der Waals surface area contributed by atoms with E-state index < -0.39 is 98.1 Å². The number of carbonyl (C=O) groups is 2. The largest absolute Gasteiger partial charge is 0.508 e. The summed E-state index contributed by atoms with van der Waals surface area (Å²) in [5.74, 6) is -3.33. The Hall–Kier alpha value is -4.33. The average molecular weight is 651 g/mol. The number of fused-ring (bicyclic) bond motifs is 1. The molecule has 17 nitrogen and oxygen atoms in total. The van der Waals surface area contributed by atoms with Gasteiger partial charge in [-0.2, -0.15) is 0 Å². The third-order valence-corrected chi connectivity index (χ3v) is 7.39. The molecule has 0 bridgehead atoms. The zero-order valence-electron chi connectivity index (χ0n) is 23.7. The van der Waals surface area contributed by atoms with Gasteiger partial charge in [0.1, 0.15) is 71.4 Å². The minimum absolute atomic E-state index is 0.0164. The maximum atomic E-state index is 12.8. The Labute approximate surface area is 257 Å². The highest BCUT2D eigenvalue weighted by atomic mass is 16.8. The second-order valence-electron chi connectivity index (χ2n) is 10.7. The number of carbonyl (C=O) groups excluding carboxylic acids is 1. The number of ether oxygens (including phenoxy) is 5. The van der Waals surface area contributed by atoms with Gasteiger partial charge in [0, 0.05) is 23.8 Å². The van der Waals surface area contributed by atoms with Crippen molar-refractivity contribution >= 4 is 22.9 Å². The van der Waals surface area contributed by atoms with E-state index in [4.69, 9.17) is 33.2 Å². The van der Waals surface area contributed by atoms with Crippen LogP contribution in [0, 0.1) is 0 Å². The van der Waals surface area contributed by atoms with Crippen LogP contribution in [-0.2, 0) is 28.5 Å². The minimum atomic E-state index is -2.25. The van der Waals surface area contributed by atoms with Crippen molar-refractivity contribution < 1.29 is 78.5 Å². The van der Waals surface area contributed by atoms with Crippen LogP contribution in [0.5, 0.6) is 17.2 Å². The van der Waals surface area contributed by atoms with E-state index in [0.29, 0.717) is 5.56 Å². The number of hydrogen-bond acceptors (Lipinski definition) is 16. The molecular formula is C29H30O17. The fourth-order valence-corrected chi connectivity index (χ4v) is 4.94. The summed E-state index contributed by atoms with van der Waals surface area (Å²) >= 11 is 0. The van der Waals surface area contributed by atoms with Crippen molar-refractivity contribution in [3.05, 3.63) is 52.7 Å². The summed E-state index contributed by atoms with van der Waals surface area (Å²) in [7, 11) is 0. The standard InChI is InChI=1S/C29H30O17/c30-9-19-23(37)24(38)25(46-28-26(39)29(40,11-42-28)10-41-21(36)8-20(34)35)27(45-19)43-14-5-15(32)22-16(33)7-17(44-18(22)6-14)12-1-3-13(31)4-2-12/h1-7,19,23-28,30-32,37-40H,8-11H2,(H,34,35)/t19-,23-,24+,25-,26+,27-,28+,29-/m1/s1. The van der Waals surface area contributed by atoms with E-state index in [9.17, 15) is 50.1 Å². The van der Waals surface area contributed by atoms with Gasteiger partial charge in [0.05, 0.1) is 13.2 Å². The third-order valence-electron chi connectivity index (χ3n) is 7.39. The fraction of sp³-hybridized carbons (Fsp3) is 0.414. The van der Waals surface area contributed by atoms with Crippen LogP contribution in [0.4, 0.5) is 0 Å². The highest BCUT2D eigenvalue weighted by molar-refractivity contribution is 5.90. The molecule has 8 atom stereocenters. The predicted octanol–water partition coefficient (Wildman–Crippen LogP) is -1.46. The molecule has 2 aromatic carbocycles. The van der Waals surface area contributed by atoms with Crippen LogP contribution in [0.2, 0.25) is 0 Å². The van der Waals surface area contributed by atoms with Crippen LogP contribution in [0.15, 0.2) is 51.7 Å². The van der Waals surface area contributed by atoms with E-state index in [0.717, 1.165) is 12.1 Å². The normalized spacial score (nSPS) is 29.5. The zero-order chi connectivity index (χ0) is 33.3. The Morgan fingerprint density at radius 1 is 1.00 bits per heavy atom. The molecule has 0 radical (unpaired) electrons. The first-order valence-corrected chi connectivity index (χ1v) is 13.7. The van der Waals surface area contributed by atoms with Crippen LogP contribution in [0.1, 0.15) is 6.42 Å². The molecule has 0 amide bonds. The summed E-state index contributed by atoms with van der Waals surface area (Å²) in [5, 5.41) is 81.3. The molecule has 1 aromatic heterocycles. The lowest BCUT2D eigenvalue weighted by Crippen LogP contribution is -2.62. The summed E-state index contributed by atoms with van der Waals surface area (Å²) in [6.45, 7) is -2.30. The minimum Gasteiger partial charge on any atom is -0.508 e. The molecule has 0 aliphatic carbocycles. The van der Waals surface area contributed by atoms with E-state index in [1.165, 1.54) is 30.3 Å². The molecular weight excluding hydrogens is 620 g/mol. The van der Waals surface area contributed by atoms with Crippen molar-refractivity contribution in [2.75, 3.05) is 19.8 Å². The lowest BCUT2D eigenvalue weighted by atomic mass is 9.98. The van der Waals surface area contributed by atoms with Gasteiger partial charge in [0.2, 0.25) is 6.29 Å². The van der Waals surface area contributed by atoms with E-state index >= 15 is 0 Å². The van der Waals surface area contributed by atoms with Gasteiger partial charge in [-0.15, -0.1) is 0 Å². The Morgan fingerprint density at radius 3 is 2.39 bits per heavy atom. The van der Waals surface area contributed by atoms with Gasteiger partial charge in [-0.25, -0.2) is 0 Å². The number of benzene rings is 2. The molecule has 17 heteroatoms. The zero-order valence-corrected chi connectivity index (χ0v) is 23.7. The fourth-order valence-electron chi connectivity index (χ4n) is 4.94. The molecule has 46 heavy (non-hydrogen) atoms. The summed E-state index contributed by atoms with van der Waals surface area (Å²) < 4.78 is 32.9. The summed E-state index contributed by atoms with van der Waals surface area (Å²) in [5.41, 5.74) is -2.55. The maximum absolute atomic E-state index is 12.8. The Balaban J connectivity index is 1.39. The predicted molar refractivity (Wildman–Crippen MR) is 148 cm³/mol. The molecule has 3 heterocycles. The number of rotatable bonds is 10. The first-order valence-electron chi connectivity index (χ1n) is 13.7. The molecule has 5 rings (SSSR count). The van der Waals surface area contributed by atoms with Crippen LogP contribution in [-0.4, -0.2) is 121 Å². The smallest absolute Gasteiger partial charge is 0.317 e. The summed E-state index contributed by atoms with van der Waals surface area (Å²) in [4.78, 5) is 35.1. The number of phenols is 2. The second-order valence-corrected chi connectivity index (χ2v) is 10.7. The van der Waals surface area contributed by atoms with Crippen molar-refractivity contribution in [3.63, 3.8) is 0 Å². The van der Waals surface area contributed by atoms with Crippen LogP contribution < -0.4 is 10.2 Å². The lowest BCUT2D eigenvalue weighted by molar-refractivity contribution is -0.318. The van der Waals surface area contributed by atoms with Gasteiger partial charge in [0.15, 0.2) is 23.4 Å². The third kappa shape index (κ3) is 6.76. The molecule has 0 saturated carbocycles. The molecule has 8 N–H and O–H groups in total. The number of aromatic hydroxyl groups is 2. The van der Waals surface area contributed by atoms with Crippen molar-refractivity contribution in [1.82, 2.24) is 0 Å². The molecule has 0 spiro atoms. The quantitative estimate of drug-likeness (QED) is 0.0919. The first kappa shape index (κ1) is 33.0. The number of aliphatic carboxylic acids is 1. The van der Waals surface area contributed by atoms with Crippen molar-refractivity contribution in [2.45, 2.75) is 55.1 Å². The van der Waals surface area contributed by atoms with Crippen LogP contribution in [0.25, 0.3) is 22.3 Å². The average Bonchev–Trinajstić information content (AvgIpc) is 3.28. The highest BCUT2D eigenvalue weighted by Gasteiger charge is 2.54. The van der Waals surface area contributed by atoms with Crippen molar-refractivity contribution in [1.29, 1.82) is 0 Å². The number of aliphatic hydroxyl groups excluding tert-OH is 4. The Bertz CT molecular complexity index is 1640. The number of carboxylic acids is 1. The van der Waals surface area contributed by atoms with Gasteiger partial charge in [0.25, 0.3) is 0 Å². The highest BCUT2D eigenvalue weighted by Crippen LogP contribution is 2.35. The topological polar surface area (TPSA) is 272 Å².